The van der Waals surface area contributed by atoms with Gasteiger partial charge < -0.3 is 18.9 Å². The Labute approximate surface area is 628 Å². The van der Waals surface area contributed by atoms with E-state index in [1.807, 2.05) is 21.1 Å². The van der Waals surface area contributed by atoms with Gasteiger partial charge in [-0.25, -0.2) is 4.57 Å². The van der Waals surface area contributed by atoms with Crippen LogP contribution < -0.4 is 0 Å². The molecule has 0 fully saturated rings. The first-order valence-electron chi connectivity index (χ1n) is 41.2. The SMILES string of the molecule is CC/C=C\C/C=C\C/C=C\C/C=C\C/C=C\C/C=C\C/C=C\C/C=C\CCCCCCCCCCCCCCCCC(=O)OCC(COP(=O)(O)OCC[N+](C)(C)C)OC(=O)CCCCCCCCCCCCCCCC/C=C\C/C=C\C/C=C\C/C=C\C/C=C\C/C=C\C/C=C\C/C=C\CC. The lowest BCUT2D eigenvalue weighted by molar-refractivity contribution is -0.870. The molecule has 0 amide bonds. The molecule has 9 nitrogen and oxygen atoms in total. The summed E-state index contributed by atoms with van der Waals surface area (Å²) in [5.74, 6) is -0.800. The molecule has 0 aliphatic heterocycles. The van der Waals surface area contributed by atoms with Crippen molar-refractivity contribution in [3.63, 3.8) is 0 Å². The van der Waals surface area contributed by atoms with E-state index in [0.29, 0.717) is 17.4 Å². The fourth-order valence-electron chi connectivity index (χ4n) is 10.9. The average Bonchev–Trinajstić information content (AvgIpc) is 0.935. The van der Waals surface area contributed by atoms with E-state index in [2.05, 4.69) is 208 Å². The second-order valence-corrected chi connectivity index (χ2v) is 29.5. The van der Waals surface area contributed by atoms with Gasteiger partial charge in [-0.1, -0.05) is 362 Å². The highest BCUT2D eigenvalue weighted by atomic mass is 31.2. The van der Waals surface area contributed by atoms with Crippen LogP contribution in [-0.2, 0) is 32.7 Å². The number of quaternary nitrogens is 1. The molecule has 0 aromatic carbocycles. The molecule has 10 heteroatoms. The van der Waals surface area contributed by atoms with E-state index in [-0.39, 0.29) is 32.0 Å². The number of carbonyl (C=O) groups is 2. The first-order valence-corrected chi connectivity index (χ1v) is 42.7. The van der Waals surface area contributed by atoms with E-state index < -0.39 is 26.5 Å². The summed E-state index contributed by atoms with van der Waals surface area (Å²) in [7, 11) is 1.47. The lowest BCUT2D eigenvalue weighted by Crippen LogP contribution is -2.37. The highest BCUT2D eigenvalue weighted by molar-refractivity contribution is 7.47. The Morgan fingerprint density at radius 1 is 0.304 bits per heavy atom. The highest BCUT2D eigenvalue weighted by Crippen LogP contribution is 2.43. The van der Waals surface area contributed by atoms with Crippen molar-refractivity contribution in [2.24, 2.45) is 0 Å². The molecule has 0 aliphatic rings. The maximum absolute atomic E-state index is 12.9. The standard InChI is InChI=1S/C92H152NO8P/c1-6-8-10-12-14-16-18-20-22-24-26-28-30-32-34-36-38-40-42-44-46-48-50-52-54-56-58-60-62-64-66-68-70-72-74-76-78-80-82-84-91(94)98-88-90(89-100-102(96,97)99-87-86-93(3,4)5)101-92(95)85-83-81-79-77-75-73-71-69-67-65-63-61-59-57-55-53-51-49-47-45-43-41-39-37-35-33-31-29-27-25-23-21-19-17-15-13-11-9-7-2/h8-11,14-17,20-23,26-29,32-35,38-41,44-47,50-53,90H,6-7,12-13,18-19,24-25,30-31,36-37,42-43,48-49,54-89H2,1-5H3/p+1/b10-8-,11-9-,16-14-,17-15-,22-20-,23-21-,28-26-,29-27-,34-32-,35-33-,40-38-,41-39-,46-44-,47-45-,52-50-,53-51-. The molecule has 0 bridgehead atoms. The zero-order valence-electron chi connectivity index (χ0n) is 66.0. The summed E-state index contributed by atoms with van der Waals surface area (Å²) in [5.41, 5.74) is 0. The van der Waals surface area contributed by atoms with Gasteiger partial charge in [0.2, 0.25) is 0 Å². The Bertz CT molecular complexity index is 2440. The summed E-state index contributed by atoms with van der Waals surface area (Å²) in [5, 5.41) is 0. The van der Waals surface area contributed by atoms with Gasteiger partial charge in [-0.2, -0.15) is 0 Å². The number of nitrogens with zero attached hydrogens (tertiary/aromatic N) is 1. The van der Waals surface area contributed by atoms with E-state index in [1.54, 1.807) is 0 Å². The number of unbranched alkanes of at least 4 members (excludes halogenated alkanes) is 28. The molecule has 0 rings (SSSR count). The monoisotopic (exact) mass is 1430 g/mol. The lowest BCUT2D eigenvalue weighted by Gasteiger charge is -2.24. The summed E-state index contributed by atoms with van der Waals surface area (Å²) in [6.07, 6.45) is 124. The van der Waals surface area contributed by atoms with E-state index in [4.69, 9.17) is 18.5 Å². The van der Waals surface area contributed by atoms with Crippen molar-refractivity contribution in [1.29, 1.82) is 0 Å². The van der Waals surface area contributed by atoms with Crippen LogP contribution in [0.25, 0.3) is 0 Å². The van der Waals surface area contributed by atoms with Gasteiger partial charge in [0.05, 0.1) is 27.7 Å². The van der Waals surface area contributed by atoms with E-state index in [0.717, 1.165) is 141 Å². The molecule has 0 heterocycles. The van der Waals surface area contributed by atoms with Crippen LogP contribution in [-0.4, -0.2) is 74.9 Å². The van der Waals surface area contributed by atoms with Gasteiger partial charge in [0.15, 0.2) is 6.10 Å². The smallest absolute Gasteiger partial charge is 0.462 e. The number of ether oxygens (including phenoxy) is 2. The zero-order chi connectivity index (χ0) is 74.0. The van der Waals surface area contributed by atoms with Crippen LogP contribution in [0.15, 0.2) is 194 Å². The van der Waals surface area contributed by atoms with Crippen LogP contribution in [0.4, 0.5) is 0 Å². The molecule has 0 aromatic rings. The van der Waals surface area contributed by atoms with Gasteiger partial charge >= 0.3 is 19.8 Å². The van der Waals surface area contributed by atoms with Gasteiger partial charge in [-0.05, 0) is 141 Å². The van der Waals surface area contributed by atoms with E-state index >= 15 is 0 Å². The first kappa shape index (κ1) is 96.8. The van der Waals surface area contributed by atoms with Crippen LogP contribution in [0, 0.1) is 0 Å². The molecule has 102 heavy (non-hydrogen) atoms. The van der Waals surface area contributed by atoms with Gasteiger partial charge in [-0.15, -0.1) is 0 Å². The summed E-state index contributed by atoms with van der Waals surface area (Å²) in [6.45, 7) is 4.21. The third kappa shape index (κ3) is 83.8. The molecular formula is C92H153NO8P+. The number of esters is 2. The van der Waals surface area contributed by atoms with Crippen molar-refractivity contribution in [1.82, 2.24) is 0 Å². The minimum absolute atomic E-state index is 0.0245. The number of carbonyl (C=O) groups excluding carboxylic acids is 2. The van der Waals surface area contributed by atoms with Crippen molar-refractivity contribution in [2.75, 3.05) is 47.5 Å². The topological polar surface area (TPSA) is 108 Å². The molecule has 0 aromatic heterocycles. The number of phosphoric ester groups is 1. The van der Waals surface area contributed by atoms with Crippen LogP contribution in [0.5, 0.6) is 0 Å². The fourth-order valence-corrected chi connectivity index (χ4v) is 11.7. The maximum Gasteiger partial charge on any atom is 0.472 e. The predicted octanol–water partition coefficient (Wildman–Crippen LogP) is 27.9. The molecule has 0 radical (unpaired) electrons. The first-order chi connectivity index (χ1) is 50.0. The Hall–Kier alpha value is -5.15. The second-order valence-electron chi connectivity index (χ2n) is 28.0. The minimum atomic E-state index is -4.41. The van der Waals surface area contributed by atoms with Gasteiger partial charge in [-0.3, -0.25) is 18.6 Å². The molecule has 578 valence electrons. The van der Waals surface area contributed by atoms with Gasteiger partial charge in [0.1, 0.15) is 19.8 Å². The Morgan fingerprint density at radius 3 is 0.784 bits per heavy atom. The molecule has 0 saturated carbocycles. The second kappa shape index (κ2) is 80.0. The molecule has 0 aliphatic carbocycles. The Morgan fingerprint density at radius 2 is 0.529 bits per heavy atom. The van der Waals surface area contributed by atoms with Crippen LogP contribution in [0.3, 0.4) is 0 Å². The van der Waals surface area contributed by atoms with Crippen LogP contribution in [0.2, 0.25) is 0 Å². The van der Waals surface area contributed by atoms with Crippen LogP contribution >= 0.6 is 7.82 Å². The number of allylic oxidation sites excluding steroid dienone is 32. The van der Waals surface area contributed by atoms with Gasteiger partial charge in [0.25, 0.3) is 0 Å². The zero-order valence-corrected chi connectivity index (χ0v) is 66.9. The summed E-state index contributed by atoms with van der Waals surface area (Å²) < 4.78 is 34.8. The third-order valence-electron chi connectivity index (χ3n) is 17.1. The largest absolute Gasteiger partial charge is 0.472 e. The molecule has 1 N–H and O–H groups in total. The molecule has 2 atom stereocenters. The van der Waals surface area contributed by atoms with Crippen LogP contribution in [0.1, 0.15) is 322 Å². The number of hydrogen-bond donors (Lipinski definition) is 1. The number of rotatable bonds is 74. The van der Waals surface area contributed by atoms with Crippen molar-refractivity contribution < 1.29 is 42.1 Å². The number of likely N-dealkylation sites (N-methyl/N-ethyl adjacent to an activating group) is 1. The number of phosphoric acid groups is 1. The fraction of sp³-hybridized carbons (Fsp3) is 0.630. The summed E-state index contributed by atoms with van der Waals surface area (Å²) in [4.78, 5) is 36.0. The Kier molecular flexibility index (Phi) is 75.9. The van der Waals surface area contributed by atoms with Crippen molar-refractivity contribution in [2.45, 2.75) is 328 Å². The van der Waals surface area contributed by atoms with Gasteiger partial charge in [0, 0.05) is 12.8 Å². The number of hydrogen-bond acceptors (Lipinski definition) is 7. The normalized spacial score (nSPS) is 14.1. The molecular weight excluding hydrogens is 1280 g/mol. The lowest BCUT2D eigenvalue weighted by atomic mass is 10.0. The Balaban J connectivity index is 4.02. The average molecular weight is 1430 g/mol. The summed E-state index contributed by atoms with van der Waals surface area (Å²) >= 11 is 0. The summed E-state index contributed by atoms with van der Waals surface area (Å²) in [6, 6.07) is 0. The maximum atomic E-state index is 12.9. The van der Waals surface area contributed by atoms with Crippen molar-refractivity contribution in [3.05, 3.63) is 194 Å². The highest BCUT2D eigenvalue weighted by Gasteiger charge is 2.27. The molecule has 2 unspecified atom stereocenters. The quantitative estimate of drug-likeness (QED) is 0.0211. The van der Waals surface area contributed by atoms with Crippen molar-refractivity contribution >= 4 is 19.8 Å². The molecule has 0 spiro atoms. The van der Waals surface area contributed by atoms with Crippen molar-refractivity contribution in [3.8, 4) is 0 Å². The minimum Gasteiger partial charge on any atom is -0.462 e. The van der Waals surface area contributed by atoms with E-state index in [1.165, 1.54) is 148 Å². The third-order valence-corrected chi connectivity index (χ3v) is 18.1. The predicted molar refractivity (Wildman–Crippen MR) is 445 cm³/mol. The van der Waals surface area contributed by atoms with E-state index in [9.17, 15) is 19.0 Å². The molecule has 0 saturated heterocycles.